The van der Waals surface area contributed by atoms with Crippen LogP contribution in [0.15, 0.2) is 10.5 Å². The Hall–Kier alpha value is -0.950. The zero-order chi connectivity index (χ0) is 9.68. The zero-order valence-corrected chi connectivity index (χ0v) is 8.76. The van der Waals surface area contributed by atoms with E-state index in [0.29, 0.717) is 10.8 Å². The highest BCUT2D eigenvalue weighted by atomic mass is 79.9. The first-order valence-corrected chi connectivity index (χ1v) is 5.13. The van der Waals surface area contributed by atoms with Crippen molar-refractivity contribution in [1.29, 1.82) is 0 Å². The van der Waals surface area contributed by atoms with Crippen molar-refractivity contribution in [2.75, 3.05) is 11.2 Å². The van der Waals surface area contributed by atoms with Gasteiger partial charge in [0.25, 0.3) is 6.29 Å². The number of nitrogens with two attached hydrogens (primary N) is 1. The lowest BCUT2D eigenvalue weighted by Gasteiger charge is -1.92. The second-order valence-electron chi connectivity index (χ2n) is 1.85. The summed E-state index contributed by atoms with van der Waals surface area (Å²) in [5.41, 5.74) is 5.96. The number of hydrogen-bond acceptors (Lipinski definition) is 6. The fourth-order valence-electron chi connectivity index (χ4n) is 0.603. The molecule has 0 saturated carbocycles. The summed E-state index contributed by atoms with van der Waals surface area (Å²) in [6.45, 7) is 0. The fraction of sp³-hybridized carbons (Fsp3) is 0.167. The third-order valence-corrected chi connectivity index (χ3v) is 1.94. The van der Waals surface area contributed by atoms with E-state index in [1.165, 1.54) is 11.3 Å². The molecule has 7 heteroatoms. The molecule has 0 unspecified atom stereocenters. The van der Waals surface area contributed by atoms with Gasteiger partial charge in [0, 0.05) is 5.38 Å². The highest BCUT2D eigenvalue weighted by Gasteiger charge is 2.08. The number of nitrogen functional groups attached to an aromatic ring is 1. The molecular weight excluding hydrogens is 258 g/mol. The Morgan fingerprint density at radius 3 is 3.15 bits per heavy atom. The van der Waals surface area contributed by atoms with Gasteiger partial charge >= 0.3 is 0 Å². The Kier molecular flexibility index (Phi) is 3.84. The van der Waals surface area contributed by atoms with Gasteiger partial charge in [-0.3, -0.25) is 4.79 Å². The smallest absolute Gasteiger partial charge is 0.259 e. The first-order chi connectivity index (χ1) is 6.27. The van der Waals surface area contributed by atoms with Gasteiger partial charge in [-0.25, -0.2) is 4.98 Å². The molecule has 0 saturated heterocycles. The predicted octanol–water partition coefficient (Wildman–Crippen LogP) is 0.908. The van der Waals surface area contributed by atoms with Crippen molar-refractivity contribution in [2.45, 2.75) is 0 Å². The Morgan fingerprint density at radius 1 is 1.92 bits per heavy atom. The highest BCUT2D eigenvalue weighted by Crippen LogP contribution is 2.11. The molecule has 2 N–H and O–H groups in total. The third-order valence-electron chi connectivity index (χ3n) is 1.07. The highest BCUT2D eigenvalue weighted by molar-refractivity contribution is 9.09. The number of oxime groups is 1. The van der Waals surface area contributed by atoms with Gasteiger partial charge in [0.1, 0.15) is 5.69 Å². The van der Waals surface area contributed by atoms with Crippen molar-refractivity contribution < 1.29 is 9.63 Å². The molecule has 1 aromatic rings. The molecule has 1 rings (SSSR count). The SMILES string of the molecule is Nc1nc(C([C]=O)=NOCBr)cs1. The van der Waals surface area contributed by atoms with E-state index >= 15 is 0 Å². The lowest BCUT2D eigenvalue weighted by Crippen LogP contribution is -2.04. The van der Waals surface area contributed by atoms with Crippen LogP contribution in [0, 0.1) is 0 Å². The van der Waals surface area contributed by atoms with Crippen molar-refractivity contribution in [3.05, 3.63) is 11.1 Å². The summed E-state index contributed by atoms with van der Waals surface area (Å²) in [5.74, 6) is 0. The van der Waals surface area contributed by atoms with Crippen LogP contribution in [-0.4, -0.2) is 22.5 Å². The molecule has 0 aliphatic carbocycles. The van der Waals surface area contributed by atoms with E-state index in [-0.39, 0.29) is 11.2 Å². The van der Waals surface area contributed by atoms with Crippen molar-refractivity contribution in [2.24, 2.45) is 5.16 Å². The van der Waals surface area contributed by atoms with E-state index in [9.17, 15) is 4.79 Å². The lowest BCUT2D eigenvalue weighted by molar-refractivity contribution is 0.201. The van der Waals surface area contributed by atoms with Crippen LogP contribution >= 0.6 is 27.3 Å². The average Bonchev–Trinajstić information content (AvgIpc) is 2.54. The Labute approximate surface area is 86.7 Å². The van der Waals surface area contributed by atoms with Crippen LogP contribution in [0.25, 0.3) is 0 Å². The van der Waals surface area contributed by atoms with Crippen LogP contribution in [0.1, 0.15) is 5.69 Å². The summed E-state index contributed by atoms with van der Waals surface area (Å²) in [5, 5.41) is 5.46. The zero-order valence-electron chi connectivity index (χ0n) is 6.36. The summed E-state index contributed by atoms with van der Waals surface area (Å²) in [6, 6.07) is 0. The van der Waals surface area contributed by atoms with Crippen LogP contribution in [0.2, 0.25) is 0 Å². The number of anilines is 1. The minimum Gasteiger partial charge on any atom is -0.383 e. The minimum absolute atomic E-state index is 0.00685. The van der Waals surface area contributed by atoms with Crippen LogP contribution in [0.5, 0.6) is 0 Å². The van der Waals surface area contributed by atoms with Gasteiger partial charge in [0.15, 0.2) is 16.4 Å². The first-order valence-electron chi connectivity index (χ1n) is 3.13. The molecule has 0 spiro atoms. The maximum atomic E-state index is 10.4. The molecule has 5 nitrogen and oxygen atoms in total. The van der Waals surface area contributed by atoms with E-state index < -0.39 is 0 Å². The molecule has 1 aromatic heterocycles. The molecule has 0 aliphatic rings. The standard InChI is InChI=1S/C6H5BrN3O2S/c7-3-12-10-4(1-11)5-2-13-6(8)9-5/h2H,3H2,(H2,8,9). The van der Waals surface area contributed by atoms with E-state index in [4.69, 9.17) is 5.73 Å². The number of aromatic nitrogens is 1. The molecule has 0 bridgehead atoms. The Balaban J connectivity index is 2.84. The number of alkyl halides is 1. The van der Waals surface area contributed by atoms with Crippen molar-refractivity contribution in [3.63, 3.8) is 0 Å². The summed E-state index contributed by atoms with van der Waals surface area (Å²) in [7, 11) is 0. The van der Waals surface area contributed by atoms with E-state index in [0.717, 1.165) is 0 Å². The summed E-state index contributed by atoms with van der Waals surface area (Å²) >= 11 is 4.20. The second kappa shape index (κ2) is 4.93. The largest absolute Gasteiger partial charge is 0.383 e. The predicted molar refractivity (Wildman–Crippen MR) is 53.6 cm³/mol. The molecular formula is C6H5BrN3O2S. The molecule has 69 valence electrons. The molecule has 0 amide bonds. The summed E-state index contributed by atoms with van der Waals surface area (Å²) < 4.78 is 0. The normalized spacial score (nSPS) is 11.3. The van der Waals surface area contributed by atoms with E-state index in [1.54, 1.807) is 11.7 Å². The number of thiazole rings is 1. The van der Waals surface area contributed by atoms with Crippen molar-refractivity contribution in [1.82, 2.24) is 4.98 Å². The number of nitrogens with zero attached hydrogens (tertiary/aromatic N) is 2. The second-order valence-corrected chi connectivity index (χ2v) is 3.20. The summed E-state index contributed by atoms with van der Waals surface area (Å²) in [4.78, 5) is 18.9. The first kappa shape index (κ1) is 10.1. The van der Waals surface area contributed by atoms with Crippen LogP contribution in [-0.2, 0) is 9.63 Å². The van der Waals surface area contributed by atoms with Gasteiger partial charge in [-0.05, 0) is 15.9 Å². The van der Waals surface area contributed by atoms with E-state index in [1.807, 2.05) is 0 Å². The molecule has 0 aromatic carbocycles. The van der Waals surface area contributed by atoms with Crippen LogP contribution in [0.3, 0.4) is 0 Å². The topological polar surface area (TPSA) is 77.6 Å². The average molecular weight is 263 g/mol. The van der Waals surface area contributed by atoms with Crippen LogP contribution < -0.4 is 5.73 Å². The maximum absolute atomic E-state index is 10.4. The number of hydrogen-bond donors (Lipinski definition) is 1. The van der Waals surface area contributed by atoms with Crippen molar-refractivity contribution >= 4 is 44.4 Å². The number of halogens is 1. The quantitative estimate of drug-likeness (QED) is 0.497. The Morgan fingerprint density at radius 2 is 2.69 bits per heavy atom. The summed E-state index contributed by atoms with van der Waals surface area (Å²) in [6.07, 6.45) is 1.61. The van der Waals surface area contributed by atoms with Gasteiger partial charge in [-0.15, -0.1) is 11.3 Å². The maximum Gasteiger partial charge on any atom is 0.259 e. The van der Waals surface area contributed by atoms with Gasteiger partial charge < -0.3 is 10.6 Å². The van der Waals surface area contributed by atoms with Gasteiger partial charge in [-0.2, -0.15) is 0 Å². The third kappa shape index (κ3) is 2.78. The number of carbonyl (C=O) groups excluding carboxylic acids is 1. The van der Waals surface area contributed by atoms with E-state index in [2.05, 4.69) is 30.9 Å². The lowest BCUT2D eigenvalue weighted by atomic mass is 10.3. The Bertz CT molecular complexity index is 325. The monoisotopic (exact) mass is 262 g/mol. The minimum atomic E-state index is 0.00685. The molecule has 0 fully saturated rings. The molecule has 0 aliphatic heterocycles. The fourth-order valence-corrected chi connectivity index (χ4v) is 1.25. The van der Waals surface area contributed by atoms with Gasteiger partial charge in [0.05, 0.1) is 0 Å². The molecule has 0 atom stereocenters. The molecule has 13 heavy (non-hydrogen) atoms. The van der Waals surface area contributed by atoms with Crippen molar-refractivity contribution in [3.8, 4) is 0 Å². The molecule has 1 radical (unpaired) electrons. The van der Waals surface area contributed by atoms with Crippen LogP contribution in [0.4, 0.5) is 5.13 Å². The molecule has 1 heterocycles. The van der Waals surface area contributed by atoms with Gasteiger partial charge in [-0.1, -0.05) is 5.16 Å². The number of rotatable bonds is 4. The van der Waals surface area contributed by atoms with Gasteiger partial charge in [0.2, 0.25) is 0 Å².